The zero-order chi connectivity index (χ0) is 11.0. The summed E-state index contributed by atoms with van der Waals surface area (Å²) in [6, 6.07) is 3.90. The van der Waals surface area contributed by atoms with Gasteiger partial charge in [0.25, 0.3) is 0 Å². The second-order valence-electron chi connectivity index (χ2n) is 3.10. The normalized spacial score (nSPS) is 10.5. The molecule has 0 amide bonds. The fourth-order valence-electron chi connectivity index (χ4n) is 1.35. The Morgan fingerprint density at radius 3 is 2.73 bits per heavy atom. The molecular formula is C10H9NO2S2. The fourth-order valence-corrected chi connectivity index (χ4v) is 3.12. The van der Waals surface area contributed by atoms with E-state index in [1.54, 1.807) is 16.7 Å². The number of hydrogen-bond acceptors (Lipinski definition) is 4. The summed E-state index contributed by atoms with van der Waals surface area (Å²) >= 11 is 2.84. The van der Waals surface area contributed by atoms with Gasteiger partial charge in [-0.25, -0.2) is 4.79 Å². The maximum atomic E-state index is 11.0. The summed E-state index contributed by atoms with van der Waals surface area (Å²) in [5, 5.41) is 11.2. The molecule has 5 heteroatoms. The SMILES string of the molecule is Cc1ccc(-c2csc(N)c2C(=O)O)s1. The summed E-state index contributed by atoms with van der Waals surface area (Å²) in [6.45, 7) is 1.99. The van der Waals surface area contributed by atoms with Crippen molar-refractivity contribution in [2.45, 2.75) is 6.92 Å². The number of hydrogen-bond donors (Lipinski definition) is 2. The molecule has 0 aromatic carbocycles. The first-order valence-corrected chi connectivity index (χ1v) is 5.96. The molecule has 0 radical (unpaired) electrons. The number of nitrogen functional groups attached to an aromatic ring is 1. The van der Waals surface area contributed by atoms with Gasteiger partial charge in [0.2, 0.25) is 0 Å². The molecule has 15 heavy (non-hydrogen) atoms. The monoisotopic (exact) mass is 239 g/mol. The van der Waals surface area contributed by atoms with Gasteiger partial charge in [-0.2, -0.15) is 0 Å². The van der Waals surface area contributed by atoms with Gasteiger partial charge in [-0.1, -0.05) is 0 Å². The number of rotatable bonds is 2. The highest BCUT2D eigenvalue weighted by Crippen LogP contribution is 2.36. The maximum absolute atomic E-state index is 11.0. The summed E-state index contributed by atoms with van der Waals surface area (Å²) in [5.74, 6) is -0.963. The number of carboxylic acids is 1. The Kier molecular flexibility index (Phi) is 2.50. The van der Waals surface area contributed by atoms with E-state index < -0.39 is 5.97 Å². The van der Waals surface area contributed by atoms with Crippen LogP contribution in [0.25, 0.3) is 10.4 Å². The van der Waals surface area contributed by atoms with Gasteiger partial charge in [0.1, 0.15) is 10.6 Å². The highest BCUT2D eigenvalue weighted by molar-refractivity contribution is 7.17. The third-order valence-electron chi connectivity index (χ3n) is 2.04. The maximum Gasteiger partial charge on any atom is 0.339 e. The fraction of sp³-hybridized carbons (Fsp3) is 0.100. The Hall–Kier alpha value is -1.33. The van der Waals surface area contributed by atoms with E-state index in [4.69, 9.17) is 10.8 Å². The van der Waals surface area contributed by atoms with Crippen LogP contribution < -0.4 is 5.73 Å². The first-order valence-electron chi connectivity index (χ1n) is 4.26. The van der Waals surface area contributed by atoms with Crippen LogP contribution in [0.2, 0.25) is 0 Å². The van der Waals surface area contributed by atoms with Crippen LogP contribution >= 0.6 is 22.7 Å². The van der Waals surface area contributed by atoms with Gasteiger partial charge in [0.15, 0.2) is 0 Å². The highest BCUT2D eigenvalue weighted by atomic mass is 32.1. The molecule has 0 saturated heterocycles. The number of aryl methyl sites for hydroxylation is 1. The molecule has 0 spiro atoms. The third-order valence-corrected chi connectivity index (χ3v) is 3.88. The van der Waals surface area contributed by atoms with Crippen LogP contribution in [0, 0.1) is 6.92 Å². The van der Waals surface area contributed by atoms with E-state index in [-0.39, 0.29) is 5.56 Å². The number of thiophene rings is 2. The highest BCUT2D eigenvalue weighted by Gasteiger charge is 2.18. The van der Waals surface area contributed by atoms with E-state index in [0.29, 0.717) is 5.00 Å². The lowest BCUT2D eigenvalue weighted by atomic mass is 10.1. The molecule has 0 aliphatic carbocycles. The zero-order valence-corrected chi connectivity index (χ0v) is 9.61. The largest absolute Gasteiger partial charge is 0.478 e. The van der Waals surface area contributed by atoms with Crippen molar-refractivity contribution in [3.05, 3.63) is 28.0 Å². The van der Waals surface area contributed by atoms with Crippen molar-refractivity contribution < 1.29 is 9.90 Å². The Bertz CT molecular complexity index is 513. The number of aromatic carboxylic acids is 1. The lowest BCUT2D eigenvalue weighted by Crippen LogP contribution is -1.99. The van der Waals surface area contributed by atoms with Crippen molar-refractivity contribution in [2.75, 3.05) is 5.73 Å². The van der Waals surface area contributed by atoms with E-state index in [2.05, 4.69) is 0 Å². The summed E-state index contributed by atoms with van der Waals surface area (Å²) < 4.78 is 0. The topological polar surface area (TPSA) is 63.3 Å². The molecule has 0 atom stereocenters. The van der Waals surface area contributed by atoms with E-state index >= 15 is 0 Å². The predicted octanol–water partition coefficient (Wildman–Crippen LogP) is 3.07. The Morgan fingerprint density at radius 1 is 1.47 bits per heavy atom. The standard InChI is InChI=1S/C10H9NO2S2/c1-5-2-3-7(15-5)6-4-14-9(11)8(6)10(12)13/h2-4H,11H2,1H3,(H,12,13). The van der Waals surface area contributed by atoms with Gasteiger partial charge in [0, 0.05) is 20.7 Å². The van der Waals surface area contributed by atoms with Crippen molar-refractivity contribution in [3.63, 3.8) is 0 Å². The Morgan fingerprint density at radius 2 is 2.20 bits per heavy atom. The number of anilines is 1. The minimum Gasteiger partial charge on any atom is -0.478 e. The van der Waals surface area contributed by atoms with Crippen molar-refractivity contribution >= 4 is 33.6 Å². The molecule has 0 fully saturated rings. The molecule has 78 valence electrons. The quantitative estimate of drug-likeness (QED) is 0.846. The van der Waals surface area contributed by atoms with E-state index in [9.17, 15) is 4.79 Å². The average Bonchev–Trinajstić information content (AvgIpc) is 2.71. The predicted molar refractivity (Wildman–Crippen MR) is 63.7 cm³/mol. The van der Waals surface area contributed by atoms with Gasteiger partial charge in [0.05, 0.1) is 0 Å². The number of nitrogens with two attached hydrogens (primary N) is 1. The summed E-state index contributed by atoms with van der Waals surface area (Å²) in [5.41, 5.74) is 6.58. The van der Waals surface area contributed by atoms with E-state index in [1.807, 2.05) is 19.1 Å². The molecule has 2 heterocycles. The minimum atomic E-state index is -0.963. The molecular weight excluding hydrogens is 230 g/mol. The Balaban J connectivity index is 2.58. The average molecular weight is 239 g/mol. The Labute approximate surface area is 94.8 Å². The molecule has 2 aromatic heterocycles. The summed E-state index contributed by atoms with van der Waals surface area (Å²) in [6.07, 6.45) is 0. The molecule has 3 N–H and O–H groups in total. The van der Waals surface area contributed by atoms with Crippen LogP contribution in [0.5, 0.6) is 0 Å². The first kappa shape index (κ1) is 10.2. The second-order valence-corrected chi connectivity index (χ2v) is 5.30. The van der Waals surface area contributed by atoms with E-state index in [1.165, 1.54) is 11.3 Å². The van der Waals surface area contributed by atoms with Crippen LogP contribution in [0.3, 0.4) is 0 Å². The van der Waals surface area contributed by atoms with Crippen LogP contribution in [-0.2, 0) is 0 Å². The molecule has 0 bridgehead atoms. The van der Waals surface area contributed by atoms with Gasteiger partial charge in [-0.15, -0.1) is 22.7 Å². The minimum absolute atomic E-state index is 0.224. The molecule has 3 nitrogen and oxygen atoms in total. The van der Waals surface area contributed by atoms with Gasteiger partial charge in [-0.05, 0) is 19.1 Å². The molecule has 2 rings (SSSR count). The number of carboxylic acid groups (broad SMARTS) is 1. The van der Waals surface area contributed by atoms with Crippen LogP contribution in [0.15, 0.2) is 17.5 Å². The van der Waals surface area contributed by atoms with E-state index in [0.717, 1.165) is 15.3 Å². The van der Waals surface area contributed by atoms with Gasteiger partial charge < -0.3 is 10.8 Å². The molecule has 0 aliphatic heterocycles. The molecule has 0 aliphatic rings. The molecule has 0 unspecified atom stereocenters. The van der Waals surface area contributed by atoms with Gasteiger partial charge >= 0.3 is 5.97 Å². The van der Waals surface area contributed by atoms with Crippen molar-refractivity contribution in [3.8, 4) is 10.4 Å². The lowest BCUT2D eigenvalue weighted by molar-refractivity contribution is 0.0699. The summed E-state index contributed by atoms with van der Waals surface area (Å²) in [4.78, 5) is 13.1. The smallest absolute Gasteiger partial charge is 0.339 e. The van der Waals surface area contributed by atoms with Crippen molar-refractivity contribution in [1.82, 2.24) is 0 Å². The molecule has 2 aromatic rings. The van der Waals surface area contributed by atoms with Crippen molar-refractivity contribution in [1.29, 1.82) is 0 Å². The van der Waals surface area contributed by atoms with Crippen LogP contribution in [0.4, 0.5) is 5.00 Å². The lowest BCUT2D eigenvalue weighted by Gasteiger charge is -1.97. The zero-order valence-electron chi connectivity index (χ0n) is 7.98. The van der Waals surface area contributed by atoms with Crippen molar-refractivity contribution in [2.24, 2.45) is 0 Å². The van der Waals surface area contributed by atoms with Crippen LogP contribution in [-0.4, -0.2) is 11.1 Å². The first-order chi connectivity index (χ1) is 7.09. The van der Waals surface area contributed by atoms with Gasteiger partial charge in [-0.3, -0.25) is 0 Å². The third kappa shape index (κ3) is 1.75. The second kappa shape index (κ2) is 3.67. The number of carbonyl (C=O) groups is 1. The van der Waals surface area contributed by atoms with Crippen LogP contribution in [0.1, 0.15) is 15.2 Å². The summed E-state index contributed by atoms with van der Waals surface area (Å²) in [7, 11) is 0. The molecule has 0 saturated carbocycles.